The number of alkyl halides is 3. The third-order valence-corrected chi connectivity index (χ3v) is 5.00. The maximum absolute atomic E-state index is 13.8. The molecule has 1 atom stereocenters. The van der Waals surface area contributed by atoms with E-state index < -0.39 is 34.8 Å². The molecule has 7 heteroatoms. The van der Waals surface area contributed by atoms with E-state index in [1.807, 2.05) is 6.92 Å². The molecule has 0 N–H and O–H groups in total. The van der Waals surface area contributed by atoms with Gasteiger partial charge in [0.15, 0.2) is 5.78 Å². The molecule has 0 bridgehead atoms. The van der Waals surface area contributed by atoms with Gasteiger partial charge < -0.3 is 9.47 Å². The molecule has 28 heavy (non-hydrogen) atoms. The summed E-state index contributed by atoms with van der Waals surface area (Å²) in [5, 5.41) is 0. The Balaban J connectivity index is 2.30. The third kappa shape index (κ3) is 3.57. The van der Waals surface area contributed by atoms with E-state index in [1.165, 1.54) is 0 Å². The van der Waals surface area contributed by atoms with Crippen LogP contribution >= 0.6 is 0 Å². The minimum Gasteiger partial charge on any atom is -0.466 e. The molecule has 1 aliphatic carbocycles. The number of allylic oxidation sites excluding steroid dienone is 3. The second-order valence-corrected chi connectivity index (χ2v) is 7.96. The van der Waals surface area contributed by atoms with Crippen molar-refractivity contribution < 1.29 is 32.2 Å². The summed E-state index contributed by atoms with van der Waals surface area (Å²) in [7, 11) is 1.01. The lowest BCUT2D eigenvalue weighted by Crippen LogP contribution is -2.36. The van der Waals surface area contributed by atoms with Crippen molar-refractivity contribution in [1.82, 2.24) is 0 Å². The number of carbonyl (C=O) groups excluding carboxylic acids is 2. The average Bonchev–Trinajstić information content (AvgIpc) is 2.58. The van der Waals surface area contributed by atoms with Gasteiger partial charge in [-0.25, -0.2) is 4.79 Å². The lowest BCUT2D eigenvalue weighted by atomic mass is 9.69. The summed E-state index contributed by atoms with van der Waals surface area (Å²) in [5.74, 6) is -4.10. The first-order chi connectivity index (χ1) is 12.9. The molecule has 1 aromatic rings. The molecular weight excluding hydrogens is 373 g/mol. The van der Waals surface area contributed by atoms with Crippen molar-refractivity contribution in [3.05, 3.63) is 58.1 Å². The van der Waals surface area contributed by atoms with E-state index in [1.54, 1.807) is 38.1 Å². The van der Waals surface area contributed by atoms with Gasteiger partial charge in [0.2, 0.25) is 5.76 Å². The minimum absolute atomic E-state index is 0.0215. The normalized spacial score (nSPS) is 22.0. The zero-order valence-electron chi connectivity index (χ0n) is 16.1. The number of benzene rings is 1. The van der Waals surface area contributed by atoms with Crippen LogP contribution in [0.3, 0.4) is 0 Å². The Kier molecular flexibility index (Phi) is 4.89. The van der Waals surface area contributed by atoms with Gasteiger partial charge in [0.1, 0.15) is 5.76 Å². The summed E-state index contributed by atoms with van der Waals surface area (Å²) in [6.45, 7) is 5.43. The first-order valence-corrected chi connectivity index (χ1v) is 8.85. The highest BCUT2D eigenvalue weighted by atomic mass is 19.4. The topological polar surface area (TPSA) is 52.6 Å². The molecule has 4 nitrogen and oxygen atoms in total. The number of carbonyl (C=O) groups is 2. The summed E-state index contributed by atoms with van der Waals surface area (Å²) in [6, 6.07) is 6.70. The van der Waals surface area contributed by atoms with Crippen LogP contribution in [-0.4, -0.2) is 25.0 Å². The number of esters is 1. The fourth-order valence-corrected chi connectivity index (χ4v) is 3.77. The van der Waals surface area contributed by atoms with Crippen LogP contribution < -0.4 is 0 Å². The largest absolute Gasteiger partial charge is 0.466 e. The number of rotatable bonds is 2. The van der Waals surface area contributed by atoms with E-state index >= 15 is 0 Å². The second kappa shape index (κ2) is 6.79. The van der Waals surface area contributed by atoms with Gasteiger partial charge in [0, 0.05) is 18.4 Å². The van der Waals surface area contributed by atoms with Crippen molar-refractivity contribution in [3.63, 3.8) is 0 Å². The monoisotopic (exact) mass is 394 g/mol. The number of hydrogen-bond donors (Lipinski definition) is 0. The molecule has 0 saturated carbocycles. The number of halogens is 3. The molecule has 2 aliphatic rings. The maximum Gasteiger partial charge on any atom is 0.450 e. The quantitative estimate of drug-likeness (QED) is 0.680. The predicted molar refractivity (Wildman–Crippen MR) is 95.2 cm³/mol. The molecule has 0 radical (unpaired) electrons. The fraction of sp³-hybridized carbons (Fsp3) is 0.429. The molecule has 3 rings (SSSR count). The number of hydrogen-bond acceptors (Lipinski definition) is 4. The smallest absolute Gasteiger partial charge is 0.450 e. The maximum atomic E-state index is 13.8. The van der Waals surface area contributed by atoms with Crippen molar-refractivity contribution in [2.75, 3.05) is 7.11 Å². The SMILES string of the molecule is COC(=O)C1=C(C(F)(F)F)OC2=C(C(=O)CC(C)(C)C2)C1c1ccc(C)cc1. The molecule has 0 spiro atoms. The van der Waals surface area contributed by atoms with Gasteiger partial charge in [-0.2, -0.15) is 13.2 Å². The summed E-state index contributed by atoms with van der Waals surface area (Å²) in [4.78, 5) is 25.3. The Hall–Kier alpha value is -2.57. The van der Waals surface area contributed by atoms with Crippen LogP contribution in [0.4, 0.5) is 13.2 Å². The van der Waals surface area contributed by atoms with Gasteiger partial charge in [-0.1, -0.05) is 43.7 Å². The molecule has 1 unspecified atom stereocenters. The van der Waals surface area contributed by atoms with E-state index in [9.17, 15) is 22.8 Å². The number of ether oxygens (including phenoxy) is 2. The molecule has 1 heterocycles. The molecule has 0 fully saturated rings. The fourth-order valence-electron chi connectivity index (χ4n) is 3.77. The Bertz CT molecular complexity index is 889. The van der Waals surface area contributed by atoms with E-state index in [0.29, 0.717) is 5.56 Å². The van der Waals surface area contributed by atoms with Crippen molar-refractivity contribution in [1.29, 1.82) is 0 Å². The highest BCUT2D eigenvalue weighted by Crippen LogP contribution is 2.51. The summed E-state index contributed by atoms with van der Waals surface area (Å²) in [5.41, 5.74) is 0.201. The van der Waals surface area contributed by atoms with E-state index in [2.05, 4.69) is 4.74 Å². The van der Waals surface area contributed by atoms with Crippen LogP contribution in [0.2, 0.25) is 0 Å². The molecule has 0 saturated heterocycles. The second-order valence-electron chi connectivity index (χ2n) is 7.96. The van der Waals surface area contributed by atoms with Crippen LogP contribution in [0.5, 0.6) is 0 Å². The highest BCUT2D eigenvalue weighted by molar-refractivity contribution is 6.03. The summed E-state index contributed by atoms with van der Waals surface area (Å²) >= 11 is 0. The lowest BCUT2D eigenvalue weighted by Gasteiger charge is -2.38. The standard InChI is InChI=1S/C21H21F3O4/c1-11-5-7-12(8-6-11)15-16-13(25)9-20(2,3)10-14(16)28-18(21(22,23)24)17(15)19(26)27-4/h5-8,15H,9-10H2,1-4H3. The Morgan fingerprint density at radius 1 is 1.18 bits per heavy atom. The Morgan fingerprint density at radius 2 is 1.79 bits per heavy atom. The van der Waals surface area contributed by atoms with Gasteiger partial charge in [0.05, 0.1) is 18.6 Å². The highest BCUT2D eigenvalue weighted by Gasteiger charge is 2.51. The van der Waals surface area contributed by atoms with Crippen LogP contribution in [0, 0.1) is 12.3 Å². The van der Waals surface area contributed by atoms with Crippen LogP contribution in [0.15, 0.2) is 46.9 Å². The number of Topliss-reactive ketones (excluding diaryl/α,β-unsaturated/α-hetero) is 1. The average molecular weight is 394 g/mol. The predicted octanol–water partition coefficient (Wildman–Crippen LogP) is 4.74. The van der Waals surface area contributed by atoms with Crippen LogP contribution in [0.1, 0.15) is 43.7 Å². The molecule has 1 aliphatic heterocycles. The van der Waals surface area contributed by atoms with Crippen LogP contribution in [0.25, 0.3) is 0 Å². The Morgan fingerprint density at radius 3 is 2.32 bits per heavy atom. The molecule has 0 aromatic heterocycles. The van der Waals surface area contributed by atoms with Gasteiger partial charge in [0.25, 0.3) is 0 Å². The third-order valence-electron chi connectivity index (χ3n) is 5.00. The molecular formula is C21H21F3O4. The van der Waals surface area contributed by atoms with Crippen molar-refractivity contribution in [3.8, 4) is 0 Å². The van der Waals surface area contributed by atoms with Crippen molar-refractivity contribution >= 4 is 11.8 Å². The first kappa shape index (κ1) is 20.2. The van der Waals surface area contributed by atoms with Crippen LogP contribution in [-0.2, 0) is 19.1 Å². The van der Waals surface area contributed by atoms with Gasteiger partial charge in [-0.15, -0.1) is 0 Å². The van der Waals surface area contributed by atoms with E-state index in [-0.39, 0.29) is 30.0 Å². The van der Waals surface area contributed by atoms with E-state index in [0.717, 1.165) is 12.7 Å². The number of aryl methyl sites for hydroxylation is 1. The zero-order chi connectivity index (χ0) is 20.9. The minimum atomic E-state index is -4.91. The zero-order valence-corrected chi connectivity index (χ0v) is 16.1. The first-order valence-electron chi connectivity index (χ1n) is 8.85. The van der Waals surface area contributed by atoms with Gasteiger partial charge in [-0.3, -0.25) is 4.79 Å². The Labute approximate surface area is 161 Å². The molecule has 0 amide bonds. The van der Waals surface area contributed by atoms with Gasteiger partial charge in [-0.05, 0) is 17.9 Å². The molecule has 1 aromatic carbocycles. The summed E-state index contributed by atoms with van der Waals surface area (Å²) in [6.07, 6.45) is -4.58. The number of ketones is 1. The van der Waals surface area contributed by atoms with E-state index in [4.69, 9.17) is 4.74 Å². The lowest BCUT2D eigenvalue weighted by molar-refractivity contribution is -0.144. The van der Waals surface area contributed by atoms with Gasteiger partial charge >= 0.3 is 12.1 Å². The van der Waals surface area contributed by atoms with Crippen molar-refractivity contribution in [2.45, 2.75) is 45.7 Å². The molecule has 150 valence electrons. The summed E-state index contributed by atoms with van der Waals surface area (Å²) < 4.78 is 51.2. The number of methoxy groups -OCH3 is 1. The van der Waals surface area contributed by atoms with Crippen molar-refractivity contribution in [2.24, 2.45) is 5.41 Å².